The molecule has 0 aliphatic heterocycles. The number of imidazole rings is 1. The van der Waals surface area contributed by atoms with Crippen LogP contribution in [-0.4, -0.2) is 47.4 Å². The molecule has 0 atom stereocenters. The lowest BCUT2D eigenvalue weighted by molar-refractivity contribution is -0.143. The monoisotopic (exact) mass is 303 g/mol. The second-order valence-electron chi connectivity index (χ2n) is 4.69. The highest BCUT2D eigenvalue weighted by Gasteiger charge is 2.31. The molecular weight excluding hydrogens is 282 g/mol. The van der Waals surface area contributed by atoms with Crippen molar-refractivity contribution in [1.82, 2.24) is 13.9 Å². The van der Waals surface area contributed by atoms with Gasteiger partial charge in [0.15, 0.2) is 5.03 Å². The van der Waals surface area contributed by atoms with Crippen molar-refractivity contribution in [2.24, 2.45) is 7.05 Å². The minimum absolute atomic E-state index is 0.0597. The van der Waals surface area contributed by atoms with Crippen molar-refractivity contribution >= 4 is 16.0 Å². The van der Waals surface area contributed by atoms with Gasteiger partial charge < -0.3 is 9.30 Å². The van der Waals surface area contributed by atoms with Gasteiger partial charge in [0.1, 0.15) is 12.4 Å². The molecule has 0 spiro atoms. The minimum Gasteiger partial charge on any atom is -0.465 e. The van der Waals surface area contributed by atoms with E-state index >= 15 is 0 Å². The van der Waals surface area contributed by atoms with Gasteiger partial charge in [0.2, 0.25) is 0 Å². The van der Waals surface area contributed by atoms with Crippen LogP contribution in [0.1, 0.15) is 26.6 Å². The molecule has 0 saturated carbocycles. The van der Waals surface area contributed by atoms with Gasteiger partial charge in [0, 0.05) is 19.3 Å². The first-order valence-corrected chi connectivity index (χ1v) is 7.81. The summed E-state index contributed by atoms with van der Waals surface area (Å²) in [4.78, 5) is 15.6. The molecule has 1 aromatic rings. The predicted octanol–water partition coefficient (Wildman–Crippen LogP) is 0.691. The van der Waals surface area contributed by atoms with Crippen molar-refractivity contribution in [2.75, 3.05) is 13.2 Å². The van der Waals surface area contributed by atoms with Crippen molar-refractivity contribution in [1.29, 1.82) is 0 Å². The number of aromatic nitrogens is 2. The number of carbonyl (C=O) groups excluding carboxylic acids is 1. The molecule has 20 heavy (non-hydrogen) atoms. The van der Waals surface area contributed by atoms with Crippen LogP contribution >= 0.6 is 0 Å². The van der Waals surface area contributed by atoms with Crippen molar-refractivity contribution < 1.29 is 17.9 Å². The van der Waals surface area contributed by atoms with Crippen LogP contribution in [0.5, 0.6) is 0 Å². The number of hydrogen-bond acceptors (Lipinski definition) is 5. The molecule has 8 heteroatoms. The Hall–Kier alpha value is -1.41. The van der Waals surface area contributed by atoms with Gasteiger partial charge in [-0.3, -0.25) is 4.79 Å². The first-order valence-electron chi connectivity index (χ1n) is 6.37. The second kappa shape index (κ2) is 6.36. The Morgan fingerprint density at radius 2 is 2.10 bits per heavy atom. The molecule has 0 aromatic carbocycles. The van der Waals surface area contributed by atoms with Gasteiger partial charge in [0.05, 0.1) is 6.61 Å². The van der Waals surface area contributed by atoms with Crippen LogP contribution in [0.3, 0.4) is 0 Å². The number of esters is 1. The van der Waals surface area contributed by atoms with E-state index in [1.165, 1.54) is 6.20 Å². The van der Waals surface area contributed by atoms with Crippen LogP contribution in [-0.2, 0) is 26.6 Å². The second-order valence-corrected chi connectivity index (χ2v) is 6.52. The molecule has 1 heterocycles. The highest BCUT2D eigenvalue weighted by atomic mass is 32.2. The summed E-state index contributed by atoms with van der Waals surface area (Å²) in [5.74, 6) is 0.0147. The normalized spacial score (nSPS) is 12.2. The Kier molecular flexibility index (Phi) is 5.29. The molecule has 1 aromatic heterocycles. The average molecular weight is 303 g/mol. The van der Waals surface area contributed by atoms with E-state index < -0.39 is 16.0 Å². The fourth-order valence-electron chi connectivity index (χ4n) is 1.65. The molecule has 0 unspecified atom stereocenters. The third-order valence-electron chi connectivity index (χ3n) is 2.83. The molecule has 1 rings (SSSR count). The molecule has 0 amide bonds. The Bertz CT molecular complexity index is 558. The highest BCUT2D eigenvalue weighted by Crippen LogP contribution is 2.17. The van der Waals surface area contributed by atoms with E-state index in [-0.39, 0.29) is 24.2 Å². The molecule has 0 saturated heterocycles. The summed E-state index contributed by atoms with van der Waals surface area (Å²) in [6, 6.07) is -0.369. The molecule has 0 aliphatic rings. The zero-order valence-electron chi connectivity index (χ0n) is 12.5. The Balaban J connectivity index is 3.09. The van der Waals surface area contributed by atoms with E-state index in [1.54, 1.807) is 39.3 Å². The van der Waals surface area contributed by atoms with E-state index in [9.17, 15) is 13.2 Å². The summed E-state index contributed by atoms with van der Waals surface area (Å²) in [5, 5.41) is -0.0597. The number of hydrogen-bond donors (Lipinski definition) is 0. The van der Waals surface area contributed by atoms with Crippen LogP contribution in [0.2, 0.25) is 0 Å². The van der Waals surface area contributed by atoms with Gasteiger partial charge in [-0.25, -0.2) is 13.4 Å². The largest absolute Gasteiger partial charge is 0.465 e. The van der Waals surface area contributed by atoms with Crippen LogP contribution < -0.4 is 0 Å². The molecular formula is C12H21N3O4S. The summed E-state index contributed by atoms with van der Waals surface area (Å²) in [6.07, 6.45) is 1.44. The first-order chi connectivity index (χ1) is 9.20. The van der Waals surface area contributed by atoms with E-state index in [0.29, 0.717) is 5.82 Å². The lowest BCUT2D eigenvalue weighted by Crippen LogP contribution is -2.41. The van der Waals surface area contributed by atoms with Crippen LogP contribution in [0.4, 0.5) is 0 Å². The number of rotatable bonds is 6. The summed E-state index contributed by atoms with van der Waals surface area (Å²) in [5.41, 5.74) is 0. The van der Waals surface area contributed by atoms with Gasteiger partial charge in [-0.1, -0.05) is 0 Å². The fourth-order valence-corrected chi connectivity index (χ4v) is 3.26. The number of nitrogens with zero attached hydrogens (tertiary/aromatic N) is 3. The van der Waals surface area contributed by atoms with Crippen LogP contribution in [0.15, 0.2) is 11.2 Å². The van der Waals surface area contributed by atoms with E-state index in [0.717, 1.165) is 4.31 Å². The lowest BCUT2D eigenvalue weighted by atomic mass is 10.4. The Morgan fingerprint density at radius 3 is 2.50 bits per heavy atom. The molecule has 0 bridgehead atoms. The molecule has 0 fully saturated rings. The summed E-state index contributed by atoms with van der Waals surface area (Å²) in [7, 11) is -2.10. The maximum absolute atomic E-state index is 12.5. The van der Waals surface area contributed by atoms with Crippen molar-refractivity contribution in [3.63, 3.8) is 0 Å². The maximum Gasteiger partial charge on any atom is 0.321 e. The van der Waals surface area contributed by atoms with E-state index in [4.69, 9.17) is 4.74 Å². The van der Waals surface area contributed by atoms with E-state index in [2.05, 4.69) is 4.98 Å². The summed E-state index contributed by atoms with van der Waals surface area (Å²) in [6.45, 7) is 6.69. The molecule has 114 valence electrons. The van der Waals surface area contributed by atoms with E-state index in [1.807, 2.05) is 0 Å². The highest BCUT2D eigenvalue weighted by molar-refractivity contribution is 7.89. The van der Waals surface area contributed by atoms with Gasteiger partial charge in [0.25, 0.3) is 10.0 Å². The van der Waals surface area contributed by atoms with Crippen molar-refractivity contribution in [3.05, 3.63) is 12.0 Å². The Labute approximate surface area is 119 Å². The molecule has 0 N–H and O–H groups in total. The first kappa shape index (κ1) is 16.6. The summed E-state index contributed by atoms with van der Waals surface area (Å²) >= 11 is 0. The molecule has 0 aliphatic carbocycles. The van der Waals surface area contributed by atoms with Gasteiger partial charge >= 0.3 is 5.97 Å². The third-order valence-corrected chi connectivity index (χ3v) is 4.72. The third kappa shape index (κ3) is 3.57. The van der Waals surface area contributed by atoms with Gasteiger partial charge in [-0.15, -0.1) is 0 Å². The van der Waals surface area contributed by atoms with Crippen LogP contribution in [0, 0.1) is 6.92 Å². The maximum atomic E-state index is 12.5. The quantitative estimate of drug-likeness (QED) is 0.722. The number of carbonyl (C=O) groups is 1. The number of ether oxygens (including phenoxy) is 1. The van der Waals surface area contributed by atoms with Gasteiger partial charge in [-0.2, -0.15) is 4.31 Å². The fraction of sp³-hybridized carbons (Fsp3) is 0.667. The smallest absolute Gasteiger partial charge is 0.321 e. The van der Waals surface area contributed by atoms with Crippen molar-refractivity contribution in [3.8, 4) is 0 Å². The number of aryl methyl sites for hydroxylation is 2. The SMILES string of the molecule is CCOC(=O)CN(C(C)C)S(=O)(=O)c1cn(C)c(C)n1. The zero-order valence-corrected chi connectivity index (χ0v) is 13.3. The van der Waals surface area contributed by atoms with Crippen molar-refractivity contribution in [2.45, 2.75) is 38.8 Å². The van der Waals surface area contributed by atoms with Gasteiger partial charge in [-0.05, 0) is 27.7 Å². The average Bonchev–Trinajstić information content (AvgIpc) is 2.67. The minimum atomic E-state index is -3.81. The zero-order chi connectivity index (χ0) is 15.5. The predicted molar refractivity (Wildman–Crippen MR) is 73.6 cm³/mol. The topological polar surface area (TPSA) is 81.5 Å². The molecule has 0 radical (unpaired) electrons. The lowest BCUT2D eigenvalue weighted by Gasteiger charge is -2.23. The molecule has 7 nitrogen and oxygen atoms in total. The Morgan fingerprint density at radius 1 is 1.50 bits per heavy atom. The number of sulfonamides is 1. The summed E-state index contributed by atoms with van der Waals surface area (Å²) < 4.78 is 32.6. The standard InChI is InChI=1S/C12H21N3O4S/c1-6-19-12(16)8-15(9(2)3)20(17,18)11-7-14(5)10(4)13-11/h7,9H,6,8H2,1-5H3. The van der Waals surface area contributed by atoms with Crippen LogP contribution in [0.25, 0.3) is 0 Å².